The second kappa shape index (κ2) is 4.86. The van der Waals surface area contributed by atoms with Crippen molar-refractivity contribution in [2.24, 2.45) is 0 Å². The fourth-order valence-corrected chi connectivity index (χ4v) is 2.01. The van der Waals surface area contributed by atoms with Gasteiger partial charge in [-0.1, -0.05) is 42.3 Å². The molecule has 0 bridgehead atoms. The molecule has 0 radical (unpaired) electrons. The van der Waals surface area contributed by atoms with Crippen LogP contribution in [0.1, 0.15) is 24.0 Å². The highest BCUT2D eigenvalue weighted by Crippen LogP contribution is 2.26. The number of aromatic nitrogens is 1. The summed E-state index contributed by atoms with van der Waals surface area (Å²) in [7, 11) is 0. The average molecular weight is 252 g/mol. The van der Waals surface area contributed by atoms with Crippen molar-refractivity contribution in [1.82, 2.24) is 4.98 Å². The number of rotatable bonds is 2. The third-order valence-electron chi connectivity index (χ3n) is 2.57. The molecule has 1 atom stereocenters. The van der Waals surface area contributed by atoms with Crippen molar-refractivity contribution >= 4 is 23.2 Å². The van der Waals surface area contributed by atoms with Gasteiger partial charge in [0.1, 0.15) is 0 Å². The Bertz CT molecular complexity index is 451. The average Bonchev–Trinajstić information content (AvgIpc) is 2.28. The molecular formula is C13H11Cl2N. The van der Waals surface area contributed by atoms with E-state index in [0.29, 0.717) is 5.02 Å². The predicted octanol–water partition coefficient (Wildman–Crippen LogP) is 4.54. The molecule has 0 aliphatic carbocycles. The maximum atomic E-state index is 5.97. The minimum Gasteiger partial charge on any atom is -0.263 e. The summed E-state index contributed by atoms with van der Waals surface area (Å²) in [5.41, 5.74) is 2.26. The lowest BCUT2D eigenvalue weighted by atomic mass is 9.95. The van der Waals surface area contributed by atoms with E-state index < -0.39 is 0 Å². The van der Waals surface area contributed by atoms with E-state index in [1.807, 2.05) is 30.5 Å². The third kappa shape index (κ3) is 2.55. The van der Waals surface area contributed by atoms with Gasteiger partial charge in [-0.3, -0.25) is 4.98 Å². The van der Waals surface area contributed by atoms with Crippen LogP contribution in [0.2, 0.25) is 10.0 Å². The van der Waals surface area contributed by atoms with E-state index in [-0.39, 0.29) is 5.92 Å². The van der Waals surface area contributed by atoms with Crippen LogP contribution < -0.4 is 0 Å². The van der Waals surface area contributed by atoms with Crippen molar-refractivity contribution < 1.29 is 0 Å². The first kappa shape index (κ1) is 11.4. The molecule has 0 aliphatic rings. The Morgan fingerprint density at radius 3 is 2.44 bits per heavy atom. The molecule has 0 fully saturated rings. The number of nitrogens with zero attached hydrogens (tertiary/aromatic N) is 1. The van der Waals surface area contributed by atoms with Gasteiger partial charge in [0, 0.05) is 23.3 Å². The highest BCUT2D eigenvalue weighted by atomic mass is 35.5. The monoisotopic (exact) mass is 251 g/mol. The third-order valence-corrected chi connectivity index (χ3v) is 3.02. The zero-order chi connectivity index (χ0) is 11.5. The van der Waals surface area contributed by atoms with Gasteiger partial charge >= 0.3 is 0 Å². The summed E-state index contributed by atoms with van der Waals surface area (Å²) in [5.74, 6) is 0.241. The number of hydrogen-bond acceptors (Lipinski definition) is 1. The summed E-state index contributed by atoms with van der Waals surface area (Å²) in [6, 6.07) is 9.77. The van der Waals surface area contributed by atoms with Gasteiger partial charge in [-0.05, 0) is 29.3 Å². The molecule has 0 aliphatic heterocycles. The van der Waals surface area contributed by atoms with Gasteiger partial charge in [0.15, 0.2) is 0 Å². The molecule has 0 N–H and O–H groups in total. The Kier molecular flexibility index (Phi) is 3.47. The second-order valence-corrected chi connectivity index (χ2v) is 4.59. The zero-order valence-corrected chi connectivity index (χ0v) is 10.3. The molecule has 0 spiro atoms. The molecule has 16 heavy (non-hydrogen) atoms. The van der Waals surface area contributed by atoms with Crippen LogP contribution in [0.3, 0.4) is 0 Å². The topological polar surface area (TPSA) is 12.9 Å². The van der Waals surface area contributed by atoms with E-state index in [1.165, 1.54) is 0 Å². The normalized spacial score (nSPS) is 12.4. The Morgan fingerprint density at radius 1 is 1.00 bits per heavy atom. The number of halogens is 2. The van der Waals surface area contributed by atoms with E-state index >= 15 is 0 Å². The summed E-state index contributed by atoms with van der Waals surface area (Å²) in [4.78, 5) is 4.09. The molecule has 2 aromatic rings. The van der Waals surface area contributed by atoms with Crippen LogP contribution in [-0.4, -0.2) is 4.98 Å². The molecular weight excluding hydrogens is 241 g/mol. The maximum Gasteiger partial charge on any atom is 0.0592 e. The van der Waals surface area contributed by atoms with E-state index in [1.54, 1.807) is 6.20 Å². The molecule has 1 unspecified atom stereocenters. The van der Waals surface area contributed by atoms with Gasteiger partial charge in [-0.2, -0.15) is 0 Å². The SMILES string of the molecule is CC(c1cccc(Cl)c1)c1cncc(Cl)c1. The largest absolute Gasteiger partial charge is 0.263 e. The Morgan fingerprint density at radius 2 is 1.75 bits per heavy atom. The second-order valence-electron chi connectivity index (χ2n) is 3.71. The maximum absolute atomic E-state index is 5.97. The van der Waals surface area contributed by atoms with Crippen LogP contribution in [0.4, 0.5) is 0 Å². The van der Waals surface area contributed by atoms with Crippen molar-refractivity contribution in [1.29, 1.82) is 0 Å². The Labute approximate surface area is 105 Å². The highest BCUT2D eigenvalue weighted by molar-refractivity contribution is 6.30. The van der Waals surface area contributed by atoms with Crippen LogP contribution in [0.25, 0.3) is 0 Å². The molecule has 0 saturated carbocycles. The smallest absolute Gasteiger partial charge is 0.0592 e. The number of hydrogen-bond donors (Lipinski definition) is 0. The number of benzene rings is 1. The number of pyridine rings is 1. The molecule has 1 nitrogen and oxygen atoms in total. The molecule has 0 saturated heterocycles. The van der Waals surface area contributed by atoms with Crippen molar-refractivity contribution in [3.05, 3.63) is 63.9 Å². The van der Waals surface area contributed by atoms with E-state index in [4.69, 9.17) is 23.2 Å². The summed E-state index contributed by atoms with van der Waals surface area (Å²) in [5, 5.41) is 1.41. The lowest BCUT2D eigenvalue weighted by molar-refractivity contribution is 0.911. The molecule has 82 valence electrons. The minimum atomic E-state index is 0.241. The van der Waals surface area contributed by atoms with Gasteiger partial charge in [-0.15, -0.1) is 0 Å². The van der Waals surface area contributed by atoms with Gasteiger partial charge in [-0.25, -0.2) is 0 Å². The van der Waals surface area contributed by atoms with Gasteiger partial charge in [0.25, 0.3) is 0 Å². The predicted molar refractivity (Wildman–Crippen MR) is 68.2 cm³/mol. The van der Waals surface area contributed by atoms with Crippen molar-refractivity contribution in [2.75, 3.05) is 0 Å². The van der Waals surface area contributed by atoms with Crippen LogP contribution in [-0.2, 0) is 0 Å². The highest BCUT2D eigenvalue weighted by Gasteiger charge is 2.09. The molecule has 0 amide bonds. The summed E-state index contributed by atoms with van der Waals surface area (Å²) >= 11 is 11.9. The minimum absolute atomic E-state index is 0.241. The molecule has 2 rings (SSSR count). The van der Waals surface area contributed by atoms with Crippen LogP contribution in [0.5, 0.6) is 0 Å². The van der Waals surface area contributed by atoms with Crippen LogP contribution >= 0.6 is 23.2 Å². The Balaban J connectivity index is 2.35. The van der Waals surface area contributed by atoms with Crippen LogP contribution in [0.15, 0.2) is 42.7 Å². The van der Waals surface area contributed by atoms with Crippen molar-refractivity contribution in [3.63, 3.8) is 0 Å². The van der Waals surface area contributed by atoms with Crippen LogP contribution in [0, 0.1) is 0 Å². The lowest BCUT2D eigenvalue weighted by Crippen LogP contribution is -1.96. The van der Waals surface area contributed by atoms with E-state index in [0.717, 1.165) is 16.1 Å². The Hall–Kier alpha value is -1.05. The first-order valence-corrected chi connectivity index (χ1v) is 5.78. The first-order chi connectivity index (χ1) is 7.66. The van der Waals surface area contributed by atoms with Crippen molar-refractivity contribution in [3.8, 4) is 0 Å². The fraction of sp³-hybridized carbons (Fsp3) is 0.154. The van der Waals surface area contributed by atoms with Crippen molar-refractivity contribution in [2.45, 2.75) is 12.8 Å². The molecule has 1 heterocycles. The summed E-state index contributed by atoms with van der Waals surface area (Å²) in [6.07, 6.45) is 3.47. The quantitative estimate of drug-likeness (QED) is 0.764. The summed E-state index contributed by atoms with van der Waals surface area (Å²) in [6.45, 7) is 2.11. The molecule has 1 aromatic carbocycles. The lowest BCUT2D eigenvalue weighted by Gasteiger charge is -2.12. The van der Waals surface area contributed by atoms with E-state index in [2.05, 4.69) is 18.0 Å². The standard InChI is InChI=1S/C13H11Cl2N/c1-9(10-3-2-4-12(14)5-10)11-6-13(15)8-16-7-11/h2-9H,1H3. The molecule has 1 aromatic heterocycles. The van der Waals surface area contributed by atoms with Gasteiger partial charge in [0.2, 0.25) is 0 Å². The van der Waals surface area contributed by atoms with E-state index in [9.17, 15) is 0 Å². The first-order valence-electron chi connectivity index (χ1n) is 5.03. The van der Waals surface area contributed by atoms with Gasteiger partial charge in [0.05, 0.1) is 5.02 Å². The van der Waals surface area contributed by atoms with Gasteiger partial charge < -0.3 is 0 Å². The molecule has 3 heteroatoms. The summed E-state index contributed by atoms with van der Waals surface area (Å²) < 4.78 is 0. The fourth-order valence-electron chi connectivity index (χ4n) is 1.63. The zero-order valence-electron chi connectivity index (χ0n) is 8.82.